The Bertz CT molecular complexity index is 923. The van der Waals surface area contributed by atoms with E-state index in [0.29, 0.717) is 19.3 Å². The highest BCUT2D eigenvalue weighted by Crippen LogP contribution is 2.23. The Balaban J connectivity index is 2.46. The van der Waals surface area contributed by atoms with Gasteiger partial charge in [0.05, 0.1) is 25.4 Å². The van der Waals surface area contributed by atoms with E-state index in [0.717, 1.165) is 51.4 Å². The summed E-state index contributed by atoms with van der Waals surface area (Å²) in [5.74, 6) is -0.700. The van der Waals surface area contributed by atoms with Gasteiger partial charge in [-0.1, -0.05) is 174 Å². The topological polar surface area (TPSA) is 189 Å². The average Bonchev–Trinajstić information content (AvgIpc) is 3.20. The van der Waals surface area contributed by atoms with E-state index in [1.54, 1.807) is 0 Å². The number of hydrogen-bond donors (Lipinski definition) is 8. The molecule has 1 rings (SSSR count). The van der Waals surface area contributed by atoms with Crippen molar-refractivity contribution < 1.29 is 50.0 Å². The molecule has 11 heteroatoms. The number of aliphatic hydroxyl groups excluding tert-OH is 7. The third-order valence-electron chi connectivity index (χ3n) is 11.3. The SMILES string of the molecule is CCCCCCC/C=C/CCCCCCC(O)C(O)C(COC1OC(CO)C(O)C(O)C1O)NC(=O)C(O)CCCCCCCCCCCCCCCCCC. The van der Waals surface area contributed by atoms with Crippen molar-refractivity contribution >= 4 is 5.91 Å². The number of aliphatic hydroxyl groups is 7. The van der Waals surface area contributed by atoms with E-state index in [2.05, 4.69) is 31.3 Å². The zero-order valence-electron chi connectivity index (χ0n) is 35.6. The van der Waals surface area contributed by atoms with Gasteiger partial charge in [-0.05, 0) is 38.5 Å². The van der Waals surface area contributed by atoms with Crippen molar-refractivity contribution in [2.45, 2.75) is 255 Å². The summed E-state index contributed by atoms with van der Waals surface area (Å²) in [7, 11) is 0. The summed E-state index contributed by atoms with van der Waals surface area (Å²) >= 11 is 0. The molecule has 0 aromatic rings. The van der Waals surface area contributed by atoms with Crippen molar-refractivity contribution in [1.82, 2.24) is 5.32 Å². The van der Waals surface area contributed by atoms with Crippen LogP contribution >= 0.6 is 0 Å². The lowest BCUT2D eigenvalue weighted by Gasteiger charge is -2.40. The molecule has 8 N–H and O–H groups in total. The van der Waals surface area contributed by atoms with Gasteiger partial charge in [0, 0.05) is 0 Å². The van der Waals surface area contributed by atoms with Crippen LogP contribution < -0.4 is 5.32 Å². The Hall–Kier alpha value is -1.15. The molecule has 0 saturated carbocycles. The number of rotatable bonds is 38. The quantitative estimate of drug-likeness (QED) is 0.0233. The molecular weight excluding hydrogens is 714 g/mol. The maximum atomic E-state index is 13.1. The molecule has 0 bridgehead atoms. The minimum Gasteiger partial charge on any atom is -0.394 e. The maximum Gasteiger partial charge on any atom is 0.249 e. The molecule has 9 atom stereocenters. The van der Waals surface area contributed by atoms with Gasteiger partial charge >= 0.3 is 0 Å². The number of unbranched alkanes of at least 4 members (excludes halogenated alkanes) is 24. The van der Waals surface area contributed by atoms with Crippen LogP contribution in [0.3, 0.4) is 0 Å². The van der Waals surface area contributed by atoms with E-state index in [9.17, 15) is 40.5 Å². The number of carbonyl (C=O) groups excluding carboxylic acids is 1. The lowest BCUT2D eigenvalue weighted by atomic mass is 9.98. The molecular formula is C45H87NO10. The first-order chi connectivity index (χ1) is 27.2. The monoisotopic (exact) mass is 802 g/mol. The van der Waals surface area contributed by atoms with Gasteiger partial charge in [0.1, 0.15) is 36.6 Å². The van der Waals surface area contributed by atoms with Gasteiger partial charge in [-0.15, -0.1) is 0 Å². The van der Waals surface area contributed by atoms with Crippen LogP contribution in [0.2, 0.25) is 0 Å². The number of allylic oxidation sites excluding steroid dienone is 2. The van der Waals surface area contributed by atoms with E-state index in [4.69, 9.17) is 9.47 Å². The average molecular weight is 802 g/mol. The fourth-order valence-electron chi connectivity index (χ4n) is 7.43. The van der Waals surface area contributed by atoms with Crippen molar-refractivity contribution in [1.29, 1.82) is 0 Å². The Morgan fingerprint density at radius 2 is 1.04 bits per heavy atom. The molecule has 1 amide bonds. The summed E-state index contributed by atoms with van der Waals surface area (Å²) in [5, 5.41) is 75.6. The van der Waals surface area contributed by atoms with E-state index < -0.39 is 74.2 Å². The fourth-order valence-corrected chi connectivity index (χ4v) is 7.43. The predicted molar refractivity (Wildman–Crippen MR) is 224 cm³/mol. The number of carbonyl (C=O) groups is 1. The molecule has 9 unspecified atom stereocenters. The number of hydrogen-bond acceptors (Lipinski definition) is 10. The van der Waals surface area contributed by atoms with Crippen LogP contribution in [0, 0.1) is 0 Å². The molecule has 11 nitrogen and oxygen atoms in total. The van der Waals surface area contributed by atoms with Crippen molar-refractivity contribution in [2.75, 3.05) is 13.2 Å². The van der Waals surface area contributed by atoms with Crippen molar-refractivity contribution in [3.63, 3.8) is 0 Å². The Kier molecular flexibility index (Phi) is 33.8. The predicted octanol–water partition coefficient (Wildman–Crippen LogP) is 7.28. The Labute approximate surface area is 341 Å². The Morgan fingerprint density at radius 1 is 0.607 bits per heavy atom. The Morgan fingerprint density at radius 3 is 1.50 bits per heavy atom. The van der Waals surface area contributed by atoms with E-state index in [-0.39, 0.29) is 6.42 Å². The van der Waals surface area contributed by atoms with Gasteiger partial charge in [-0.3, -0.25) is 4.79 Å². The first-order valence-corrected chi connectivity index (χ1v) is 23.1. The van der Waals surface area contributed by atoms with Gasteiger partial charge in [0.25, 0.3) is 0 Å². The third kappa shape index (κ3) is 25.4. The van der Waals surface area contributed by atoms with Crippen LogP contribution in [0.1, 0.15) is 200 Å². The standard InChI is InChI=1S/C45H87NO10/c1-3-5-7-9-11-13-15-17-18-19-21-23-25-27-29-31-33-38(49)44(54)46-36(35-55-45-43(53)42(52)41(51)39(34-47)56-45)40(50)37(48)32-30-28-26-24-22-20-16-14-12-10-8-6-4-2/h16,20,36-43,45,47-53H,3-15,17-19,21-35H2,1-2H3,(H,46,54)/b20-16+. The summed E-state index contributed by atoms with van der Waals surface area (Å²) < 4.78 is 11.1. The lowest BCUT2D eigenvalue weighted by Crippen LogP contribution is -2.60. The van der Waals surface area contributed by atoms with Gasteiger partial charge in [0.2, 0.25) is 5.91 Å². The molecule has 0 radical (unpaired) electrons. The summed E-state index contributed by atoms with van der Waals surface area (Å²) in [6.45, 7) is 3.42. The molecule has 0 spiro atoms. The fraction of sp³-hybridized carbons (Fsp3) is 0.933. The second kappa shape index (κ2) is 35.8. The highest BCUT2D eigenvalue weighted by Gasteiger charge is 2.44. The lowest BCUT2D eigenvalue weighted by molar-refractivity contribution is -0.303. The number of nitrogens with one attached hydrogen (secondary N) is 1. The highest BCUT2D eigenvalue weighted by atomic mass is 16.7. The number of amides is 1. The van der Waals surface area contributed by atoms with Gasteiger partial charge in [-0.2, -0.15) is 0 Å². The summed E-state index contributed by atoms with van der Waals surface area (Å²) in [6.07, 6.45) is 25.4. The third-order valence-corrected chi connectivity index (χ3v) is 11.3. The van der Waals surface area contributed by atoms with Crippen LogP contribution in [0.5, 0.6) is 0 Å². The molecule has 1 aliphatic rings. The van der Waals surface area contributed by atoms with Crippen LogP contribution in [0.25, 0.3) is 0 Å². The normalized spacial score (nSPS) is 22.3. The van der Waals surface area contributed by atoms with E-state index >= 15 is 0 Å². The van der Waals surface area contributed by atoms with Crippen LogP contribution in [0.15, 0.2) is 12.2 Å². The van der Waals surface area contributed by atoms with Crippen LogP contribution in [-0.4, -0.2) is 110 Å². The molecule has 1 heterocycles. The summed E-state index contributed by atoms with van der Waals surface area (Å²) in [6, 6.07) is -1.17. The summed E-state index contributed by atoms with van der Waals surface area (Å²) in [4.78, 5) is 13.1. The van der Waals surface area contributed by atoms with Gasteiger partial charge < -0.3 is 50.5 Å². The van der Waals surface area contributed by atoms with Crippen LogP contribution in [0.4, 0.5) is 0 Å². The molecule has 0 aliphatic carbocycles. The molecule has 0 aromatic carbocycles. The molecule has 1 fully saturated rings. The summed E-state index contributed by atoms with van der Waals surface area (Å²) in [5.41, 5.74) is 0. The van der Waals surface area contributed by atoms with Gasteiger partial charge in [0.15, 0.2) is 6.29 Å². The highest BCUT2D eigenvalue weighted by molar-refractivity contribution is 5.80. The molecule has 0 aromatic heterocycles. The van der Waals surface area contributed by atoms with E-state index in [1.165, 1.54) is 109 Å². The maximum absolute atomic E-state index is 13.1. The van der Waals surface area contributed by atoms with Crippen molar-refractivity contribution in [2.24, 2.45) is 0 Å². The van der Waals surface area contributed by atoms with E-state index in [1.807, 2.05) is 0 Å². The van der Waals surface area contributed by atoms with Gasteiger partial charge in [-0.25, -0.2) is 0 Å². The van der Waals surface area contributed by atoms with Crippen LogP contribution in [-0.2, 0) is 14.3 Å². The minimum atomic E-state index is -1.66. The first kappa shape index (κ1) is 52.9. The smallest absolute Gasteiger partial charge is 0.249 e. The number of ether oxygens (including phenoxy) is 2. The minimum absolute atomic E-state index is 0.261. The molecule has 332 valence electrons. The molecule has 56 heavy (non-hydrogen) atoms. The zero-order valence-corrected chi connectivity index (χ0v) is 35.6. The second-order valence-electron chi connectivity index (χ2n) is 16.5. The molecule has 1 aliphatic heterocycles. The van der Waals surface area contributed by atoms with Crippen molar-refractivity contribution in [3.05, 3.63) is 12.2 Å². The largest absolute Gasteiger partial charge is 0.394 e. The molecule has 1 saturated heterocycles. The zero-order chi connectivity index (χ0) is 41.2. The van der Waals surface area contributed by atoms with Crippen molar-refractivity contribution in [3.8, 4) is 0 Å². The second-order valence-corrected chi connectivity index (χ2v) is 16.5. The first-order valence-electron chi connectivity index (χ1n) is 23.1.